The van der Waals surface area contributed by atoms with Crippen LogP contribution in [-0.4, -0.2) is 52.1 Å². The van der Waals surface area contributed by atoms with Gasteiger partial charge in [-0.15, -0.1) is 0 Å². The first kappa shape index (κ1) is 21.9. The minimum Gasteiger partial charge on any atom is -0.382 e. The highest BCUT2D eigenvalue weighted by Gasteiger charge is 2.52. The monoisotopic (exact) mass is 405 g/mol. The highest BCUT2D eigenvalue weighted by atomic mass is 16.6. The van der Waals surface area contributed by atoms with Crippen LogP contribution in [0.5, 0.6) is 0 Å². The molecule has 162 valence electrons. The molecule has 0 spiro atoms. The van der Waals surface area contributed by atoms with Gasteiger partial charge in [0.05, 0.1) is 25.6 Å². The Bertz CT molecular complexity index is 824. The maximum Gasteiger partial charge on any atom is 0.167 e. The van der Waals surface area contributed by atoms with Crippen LogP contribution in [0.1, 0.15) is 54.2 Å². The molecule has 0 aromatic carbocycles. The minimum absolute atomic E-state index is 0.00714. The van der Waals surface area contributed by atoms with E-state index in [1.54, 1.807) is 13.4 Å². The van der Waals surface area contributed by atoms with Gasteiger partial charge in [-0.3, -0.25) is 4.57 Å². The Kier molecular flexibility index (Phi) is 6.17. The van der Waals surface area contributed by atoms with Gasteiger partial charge in [0.25, 0.3) is 0 Å². The summed E-state index contributed by atoms with van der Waals surface area (Å²) in [6, 6.07) is 0. The van der Waals surface area contributed by atoms with E-state index in [9.17, 15) is 0 Å². The smallest absolute Gasteiger partial charge is 0.167 e. The number of ether oxygens (including phenoxy) is 3. The van der Waals surface area contributed by atoms with Crippen LogP contribution in [0.25, 0.3) is 11.2 Å². The highest BCUT2D eigenvalue weighted by molar-refractivity contribution is 5.81. The maximum atomic E-state index is 6.67. The van der Waals surface area contributed by atoms with Gasteiger partial charge in [-0.05, 0) is 17.3 Å². The molecule has 8 heteroatoms. The van der Waals surface area contributed by atoms with Gasteiger partial charge in [-0.1, -0.05) is 41.5 Å². The molecule has 1 aliphatic rings. The van der Waals surface area contributed by atoms with Gasteiger partial charge in [0.15, 0.2) is 17.7 Å². The molecule has 2 N–H and O–H groups in total. The number of aromatic nitrogens is 4. The van der Waals surface area contributed by atoms with Crippen molar-refractivity contribution >= 4 is 17.0 Å². The second-order valence-corrected chi connectivity index (χ2v) is 10.1. The van der Waals surface area contributed by atoms with Crippen LogP contribution in [-0.2, 0) is 14.2 Å². The van der Waals surface area contributed by atoms with E-state index >= 15 is 0 Å². The predicted molar refractivity (Wildman–Crippen MR) is 112 cm³/mol. The van der Waals surface area contributed by atoms with E-state index < -0.39 is 0 Å². The Hall–Kier alpha value is -1.77. The summed E-state index contributed by atoms with van der Waals surface area (Å²) in [5, 5.41) is 0. The molecule has 0 amide bonds. The summed E-state index contributed by atoms with van der Waals surface area (Å²) in [6.07, 6.45) is 3.66. The summed E-state index contributed by atoms with van der Waals surface area (Å²) >= 11 is 0. The first-order valence-corrected chi connectivity index (χ1v) is 10.2. The van der Waals surface area contributed by atoms with Crippen molar-refractivity contribution in [3.05, 3.63) is 12.7 Å². The molecule has 0 bridgehead atoms. The van der Waals surface area contributed by atoms with E-state index in [-0.39, 0.29) is 35.2 Å². The van der Waals surface area contributed by atoms with Gasteiger partial charge < -0.3 is 19.9 Å². The Balaban J connectivity index is 2.03. The van der Waals surface area contributed by atoms with Crippen molar-refractivity contribution in [1.82, 2.24) is 19.5 Å². The number of nitrogen functional groups attached to an aromatic ring is 1. The Morgan fingerprint density at radius 2 is 1.83 bits per heavy atom. The molecule has 8 nitrogen and oxygen atoms in total. The van der Waals surface area contributed by atoms with E-state index in [0.717, 1.165) is 6.42 Å². The average molecular weight is 406 g/mol. The summed E-state index contributed by atoms with van der Waals surface area (Å²) in [4.78, 5) is 12.9. The second-order valence-electron chi connectivity index (χ2n) is 10.1. The SMILES string of the molecule is COCCOC1[C@H](n2cnc3c(N)ncnc32)O[C@H](CC(C)(C)C)[C@@H]1C(C)(C)C. The Morgan fingerprint density at radius 3 is 2.45 bits per heavy atom. The molecule has 0 radical (unpaired) electrons. The van der Waals surface area contributed by atoms with Crippen molar-refractivity contribution < 1.29 is 14.2 Å². The lowest BCUT2D eigenvalue weighted by Gasteiger charge is -2.37. The van der Waals surface area contributed by atoms with Crippen LogP contribution in [0.15, 0.2) is 12.7 Å². The molecule has 2 aromatic rings. The fraction of sp³-hybridized carbons (Fsp3) is 0.762. The molecule has 1 saturated heterocycles. The summed E-state index contributed by atoms with van der Waals surface area (Å²) in [5.74, 6) is 0.558. The standard InChI is InChI=1S/C21H35N5O3/c1-20(2,3)10-13-14(21(4,5)6)16(28-9-8-27-7)19(29-13)26-12-25-15-17(22)23-11-24-18(15)26/h11-14,16,19H,8-10H2,1-7H3,(H2,22,23,24)/t13-,14+,16?,19-/m1/s1. The Labute approximate surface area is 173 Å². The van der Waals surface area contributed by atoms with Crippen LogP contribution in [0.3, 0.4) is 0 Å². The molecule has 1 aliphatic heterocycles. The molecular weight excluding hydrogens is 370 g/mol. The van der Waals surface area contributed by atoms with Crippen molar-refractivity contribution in [2.75, 3.05) is 26.1 Å². The third kappa shape index (κ3) is 4.70. The zero-order valence-electron chi connectivity index (χ0n) is 18.7. The van der Waals surface area contributed by atoms with Crippen LogP contribution in [0, 0.1) is 16.7 Å². The van der Waals surface area contributed by atoms with Gasteiger partial charge in [-0.25, -0.2) is 15.0 Å². The Morgan fingerprint density at radius 1 is 1.10 bits per heavy atom. The van der Waals surface area contributed by atoms with Gasteiger partial charge in [0, 0.05) is 13.0 Å². The number of nitrogens with two attached hydrogens (primary N) is 1. The summed E-state index contributed by atoms with van der Waals surface area (Å²) in [6.45, 7) is 14.5. The maximum absolute atomic E-state index is 6.67. The number of imidazole rings is 1. The van der Waals surface area contributed by atoms with Crippen LogP contribution < -0.4 is 5.73 Å². The van der Waals surface area contributed by atoms with E-state index in [1.165, 1.54) is 6.33 Å². The van der Waals surface area contributed by atoms with Crippen LogP contribution in [0.2, 0.25) is 0 Å². The van der Waals surface area contributed by atoms with Crippen LogP contribution >= 0.6 is 0 Å². The van der Waals surface area contributed by atoms with Crippen molar-refractivity contribution in [2.45, 2.75) is 66.4 Å². The average Bonchev–Trinajstić information content (AvgIpc) is 3.15. The number of anilines is 1. The largest absolute Gasteiger partial charge is 0.382 e. The molecule has 3 heterocycles. The van der Waals surface area contributed by atoms with Gasteiger partial charge in [-0.2, -0.15) is 0 Å². The molecule has 4 atom stereocenters. The zero-order valence-corrected chi connectivity index (χ0v) is 18.7. The molecule has 3 rings (SSSR count). The third-order valence-corrected chi connectivity index (χ3v) is 5.42. The summed E-state index contributed by atoms with van der Waals surface area (Å²) < 4.78 is 20.2. The lowest BCUT2D eigenvalue weighted by atomic mass is 9.71. The van der Waals surface area contributed by atoms with E-state index in [0.29, 0.717) is 30.2 Å². The summed E-state index contributed by atoms with van der Waals surface area (Å²) in [7, 11) is 1.68. The first-order chi connectivity index (χ1) is 13.5. The first-order valence-electron chi connectivity index (χ1n) is 10.2. The van der Waals surface area contributed by atoms with Crippen molar-refractivity contribution in [3.8, 4) is 0 Å². The minimum atomic E-state index is -0.345. The summed E-state index contributed by atoms with van der Waals surface area (Å²) in [5.41, 5.74) is 7.36. The molecule has 1 fully saturated rings. The second kappa shape index (κ2) is 8.16. The number of methoxy groups -OCH3 is 1. The van der Waals surface area contributed by atoms with E-state index in [4.69, 9.17) is 19.9 Å². The molecular formula is C21H35N5O3. The molecule has 2 aromatic heterocycles. The van der Waals surface area contributed by atoms with E-state index in [2.05, 4.69) is 56.5 Å². The van der Waals surface area contributed by atoms with Crippen molar-refractivity contribution in [2.24, 2.45) is 16.7 Å². The predicted octanol–water partition coefficient (Wildman–Crippen LogP) is 3.44. The number of fused-ring (bicyclic) bond motifs is 1. The van der Waals surface area contributed by atoms with Crippen molar-refractivity contribution in [1.29, 1.82) is 0 Å². The lowest BCUT2D eigenvalue weighted by Crippen LogP contribution is -2.40. The molecule has 0 saturated carbocycles. The topological polar surface area (TPSA) is 97.3 Å². The van der Waals surface area contributed by atoms with Crippen molar-refractivity contribution in [3.63, 3.8) is 0 Å². The van der Waals surface area contributed by atoms with Crippen LogP contribution in [0.4, 0.5) is 5.82 Å². The lowest BCUT2D eigenvalue weighted by molar-refractivity contribution is -0.0766. The molecule has 1 unspecified atom stereocenters. The quantitative estimate of drug-likeness (QED) is 0.735. The number of hydrogen-bond donors (Lipinski definition) is 1. The number of rotatable bonds is 6. The van der Waals surface area contributed by atoms with Gasteiger partial charge in [0.2, 0.25) is 0 Å². The molecule has 29 heavy (non-hydrogen) atoms. The van der Waals surface area contributed by atoms with Gasteiger partial charge in [0.1, 0.15) is 17.9 Å². The fourth-order valence-electron chi connectivity index (χ4n) is 4.29. The van der Waals surface area contributed by atoms with E-state index in [1.807, 2.05) is 4.57 Å². The zero-order chi connectivity index (χ0) is 21.4. The number of nitrogens with zero attached hydrogens (tertiary/aromatic N) is 4. The molecule has 0 aliphatic carbocycles. The third-order valence-electron chi connectivity index (χ3n) is 5.42. The fourth-order valence-corrected chi connectivity index (χ4v) is 4.29. The normalized spacial score (nSPS) is 25.8. The highest BCUT2D eigenvalue weighted by Crippen LogP contribution is 2.49. The van der Waals surface area contributed by atoms with Gasteiger partial charge >= 0.3 is 0 Å². The number of hydrogen-bond acceptors (Lipinski definition) is 7.